The minimum absolute atomic E-state index is 0.216. The summed E-state index contributed by atoms with van der Waals surface area (Å²) in [5, 5.41) is 8.50. The maximum atomic E-state index is 11.5. The molecule has 0 aliphatic carbocycles. The number of H-pyrrole nitrogens is 1. The number of nitrogens with zero attached hydrogens (tertiary/aromatic N) is 3. The van der Waals surface area contributed by atoms with Gasteiger partial charge < -0.3 is 10.1 Å². The molecule has 0 saturated heterocycles. The Balaban J connectivity index is 2.62. The number of carboxylic acid groups (broad SMARTS) is 1. The highest BCUT2D eigenvalue weighted by atomic mass is 16.4. The van der Waals surface area contributed by atoms with E-state index in [9.17, 15) is 9.59 Å². The summed E-state index contributed by atoms with van der Waals surface area (Å²) in [4.78, 5) is 32.1. The third kappa shape index (κ3) is 1.24. The van der Waals surface area contributed by atoms with E-state index in [4.69, 9.17) is 5.11 Å². The first-order chi connectivity index (χ1) is 6.68. The second kappa shape index (κ2) is 2.95. The lowest BCUT2D eigenvalue weighted by atomic mass is 10.5. The number of aliphatic carboxylic acids is 1. The standard InChI is InChI=1S/C7H6N4O3/c12-4(13)1-11-3-10-6-5(7(11)14)8-2-9-6/h2-3H,1H2,(H,8,9)(H,12,13). The summed E-state index contributed by atoms with van der Waals surface area (Å²) in [6.45, 7) is -0.402. The Morgan fingerprint density at radius 1 is 1.57 bits per heavy atom. The van der Waals surface area contributed by atoms with Gasteiger partial charge in [-0.2, -0.15) is 0 Å². The molecular formula is C7H6N4O3. The van der Waals surface area contributed by atoms with Crippen molar-refractivity contribution in [2.75, 3.05) is 0 Å². The second-order valence-electron chi connectivity index (χ2n) is 2.67. The number of nitrogens with one attached hydrogen (secondary N) is 1. The Hall–Kier alpha value is -2.18. The predicted octanol–water partition coefficient (Wildman–Crippen LogP) is -0.796. The molecule has 0 aliphatic heterocycles. The van der Waals surface area contributed by atoms with Crippen molar-refractivity contribution < 1.29 is 9.90 Å². The van der Waals surface area contributed by atoms with Crippen LogP contribution in [0.25, 0.3) is 11.2 Å². The van der Waals surface area contributed by atoms with Crippen LogP contribution in [-0.4, -0.2) is 30.6 Å². The van der Waals surface area contributed by atoms with Crippen molar-refractivity contribution in [2.24, 2.45) is 0 Å². The molecule has 2 heterocycles. The van der Waals surface area contributed by atoms with Crippen molar-refractivity contribution in [3.05, 3.63) is 23.0 Å². The summed E-state index contributed by atoms with van der Waals surface area (Å²) in [5.41, 5.74) is 0.0697. The first-order valence-electron chi connectivity index (χ1n) is 3.79. The fourth-order valence-electron chi connectivity index (χ4n) is 1.12. The van der Waals surface area contributed by atoms with Crippen LogP contribution in [0, 0.1) is 0 Å². The smallest absolute Gasteiger partial charge is 0.323 e. The molecule has 0 spiro atoms. The van der Waals surface area contributed by atoms with Gasteiger partial charge in [0.15, 0.2) is 11.2 Å². The molecule has 2 rings (SSSR count). The molecule has 7 nitrogen and oxygen atoms in total. The largest absolute Gasteiger partial charge is 0.480 e. The summed E-state index contributed by atoms with van der Waals surface area (Å²) in [6.07, 6.45) is 2.50. The Morgan fingerprint density at radius 3 is 3.07 bits per heavy atom. The molecule has 0 radical (unpaired) electrons. The lowest BCUT2D eigenvalue weighted by Gasteiger charge is -1.99. The number of fused-ring (bicyclic) bond motifs is 1. The number of aromatic nitrogens is 4. The van der Waals surface area contributed by atoms with E-state index in [2.05, 4.69) is 15.0 Å². The minimum Gasteiger partial charge on any atom is -0.480 e. The maximum absolute atomic E-state index is 11.5. The first kappa shape index (κ1) is 8.42. The van der Waals surface area contributed by atoms with Crippen LogP contribution in [0.3, 0.4) is 0 Å². The van der Waals surface area contributed by atoms with Gasteiger partial charge in [-0.15, -0.1) is 0 Å². The highest BCUT2D eigenvalue weighted by Crippen LogP contribution is 1.97. The molecule has 2 aromatic rings. The van der Waals surface area contributed by atoms with Crippen LogP contribution in [0.5, 0.6) is 0 Å². The Kier molecular flexibility index (Phi) is 1.77. The van der Waals surface area contributed by atoms with Crippen molar-refractivity contribution in [3.63, 3.8) is 0 Å². The Morgan fingerprint density at radius 2 is 2.36 bits per heavy atom. The highest BCUT2D eigenvalue weighted by Gasteiger charge is 2.07. The van der Waals surface area contributed by atoms with Crippen LogP contribution < -0.4 is 5.56 Å². The molecule has 7 heteroatoms. The molecule has 2 aromatic heterocycles. The first-order valence-corrected chi connectivity index (χ1v) is 3.79. The topological polar surface area (TPSA) is 101 Å². The summed E-state index contributed by atoms with van der Waals surface area (Å²) >= 11 is 0. The Bertz CT molecular complexity index is 541. The lowest BCUT2D eigenvalue weighted by molar-refractivity contribution is -0.137. The summed E-state index contributed by atoms with van der Waals surface area (Å²) in [5.74, 6) is -1.09. The third-order valence-corrected chi connectivity index (χ3v) is 1.72. The molecule has 0 saturated carbocycles. The maximum Gasteiger partial charge on any atom is 0.323 e. The molecule has 0 aromatic carbocycles. The van der Waals surface area contributed by atoms with Crippen molar-refractivity contribution in [3.8, 4) is 0 Å². The van der Waals surface area contributed by atoms with E-state index in [1.165, 1.54) is 12.7 Å². The van der Waals surface area contributed by atoms with E-state index >= 15 is 0 Å². The zero-order chi connectivity index (χ0) is 10.1. The van der Waals surface area contributed by atoms with Crippen LogP contribution in [-0.2, 0) is 11.3 Å². The van der Waals surface area contributed by atoms with Gasteiger partial charge in [0.1, 0.15) is 12.9 Å². The molecule has 0 aliphatic rings. The van der Waals surface area contributed by atoms with Gasteiger partial charge in [-0.05, 0) is 0 Å². The molecular weight excluding hydrogens is 188 g/mol. The zero-order valence-electron chi connectivity index (χ0n) is 6.97. The number of carbonyl (C=O) groups is 1. The number of carboxylic acids is 1. The molecule has 0 atom stereocenters. The molecule has 72 valence electrons. The van der Waals surface area contributed by atoms with Crippen molar-refractivity contribution in [1.82, 2.24) is 19.5 Å². The zero-order valence-corrected chi connectivity index (χ0v) is 6.97. The summed E-state index contributed by atoms with van der Waals surface area (Å²) in [7, 11) is 0. The van der Waals surface area contributed by atoms with Crippen LogP contribution >= 0.6 is 0 Å². The average molecular weight is 194 g/mol. The molecule has 0 unspecified atom stereocenters. The molecule has 0 fully saturated rings. The van der Waals surface area contributed by atoms with Crippen LogP contribution in [0.1, 0.15) is 0 Å². The normalized spacial score (nSPS) is 10.6. The Labute approximate surface area is 77.0 Å². The number of hydrogen-bond acceptors (Lipinski definition) is 4. The third-order valence-electron chi connectivity index (χ3n) is 1.72. The molecule has 2 N–H and O–H groups in total. The lowest BCUT2D eigenvalue weighted by Crippen LogP contribution is -2.24. The van der Waals surface area contributed by atoms with Gasteiger partial charge in [0.25, 0.3) is 5.56 Å². The van der Waals surface area contributed by atoms with Crippen molar-refractivity contribution in [2.45, 2.75) is 6.54 Å². The van der Waals surface area contributed by atoms with Crippen molar-refractivity contribution >= 4 is 17.1 Å². The number of aromatic amines is 1. The van der Waals surface area contributed by atoms with Gasteiger partial charge in [0.05, 0.1) is 6.33 Å². The average Bonchev–Trinajstić information content (AvgIpc) is 2.57. The van der Waals surface area contributed by atoms with E-state index in [1.54, 1.807) is 0 Å². The quantitative estimate of drug-likeness (QED) is 0.652. The van der Waals surface area contributed by atoms with Gasteiger partial charge in [-0.1, -0.05) is 0 Å². The second-order valence-corrected chi connectivity index (χ2v) is 2.67. The minimum atomic E-state index is -1.09. The van der Waals surface area contributed by atoms with Gasteiger partial charge in [-0.3, -0.25) is 14.2 Å². The van der Waals surface area contributed by atoms with Crippen LogP contribution in [0.15, 0.2) is 17.4 Å². The van der Waals surface area contributed by atoms with E-state index in [0.717, 1.165) is 4.57 Å². The predicted molar refractivity (Wildman–Crippen MR) is 45.8 cm³/mol. The van der Waals surface area contributed by atoms with Gasteiger partial charge in [0.2, 0.25) is 0 Å². The fourth-order valence-corrected chi connectivity index (χ4v) is 1.12. The van der Waals surface area contributed by atoms with Gasteiger partial charge in [-0.25, -0.2) is 9.97 Å². The van der Waals surface area contributed by atoms with Crippen LogP contribution in [0.2, 0.25) is 0 Å². The van der Waals surface area contributed by atoms with E-state index in [-0.39, 0.29) is 11.2 Å². The van der Waals surface area contributed by atoms with Crippen LogP contribution in [0.4, 0.5) is 0 Å². The summed E-state index contributed by atoms with van der Waals surface area (Å²) in [6, 6.07) is 0. The fraction of sp³-hybridized carbons (Fsp3) is 0.143. The monoisotopic (exact) mass is 194 g/mol. The van der Waals surface area contributed by atoms with E-state index < -0.39 is 18.1 Å². The van der Waals surface area contributed by atoms with Crippen molar-refractivity contribution in [1.29, 1.82) is 0 Å². The molecule has 0 amide bonds. The number of rotatable bonds is 2. The molecule has 14 heavy (non-hydrogen) atoms. The number of hydrogen-bond donors (Lipinski definition) is 2. The van der Waals surface area contributed by atoms with Gasteiger partial charge >= 0.3 is 5.97 Å². The number of imidazole rings is 1. The molecule has 0 bridgehead atoms. The highest BCUT2D eigenvalue weighted by molar-refractivity contribution is 5.69. The SMILES string of the molecule is O=C(O)Cn1cnc2nc[nH]c2c1=O. The van der Waals surface area contributed by atoms with Gasteiger partial charge in [0, 0.05) is 0 Å². The summed E-state index contributed by atoms with van der Waals surface area (Å²) < 4.78 is 1.00. The van der Waals surface area contributed by atoms with E-state index in [1.807, 2.05) is 0 Å². The van der Waals surface area contributed by atoms with E-state index in [0.29, 0.717) is 0 Å².